The van der Waals surface area contributed by atoms with Crippen LogP contribution in [-0.2, 0) is 0 Å². The maximum Gasteiger partial charge on any atom is 0.292 e. The summed E-state index contributed by atoms with van der Waals surface area (Å²) in [5.74, 6) is 1.05. The first-order valence-corrected chi connectivity index (χ1v) is 7.02. The molecule has 2 heterocycles. The molecule has 106 valence electrons. The Morgan fingerprint density at radius 1 is 1.58 bits per heavy atom. The highest BCUT2D eigenvalue weighted by Gasteiger charge is 2.24. The van der Waals surface area contributed by atoms with Crippen molar-refractivity contribution in [3.63, 3.8) is 0 Å². The summed E-state index contributed by atoms with van der Waals surface area (Å²) in [4.78, 5) is 16.0. The minimum absolute atomic E-state index is 0.106. The van der Waals surface area contributed by atoms with Gasteiger partial charge in [0, 0.05) is 6.54 Å². The first-order valence-electron chi connectivity index (χ1n) is 7.02. The molecule has 1 unspecified atom stereocenters. The number of hydrogen-bond donors (Lipinski definition) is 2. The van der Waals surface area contributed by atoms with E-state index in [0.29, 0.717) is 18.4 Å². The monoisotopic (exact) mass is 266 g/mol. The van der Waals surface area contributed by atoms with Gasteiger partial charge in [0.05, 0.1) is 6.04 Å². The van der Waals surface area contributed by atoms with Gasteiger partial charge in [0.15, 0.2) is 0 Å². The summed E-state index contributed by atoms with van der Waals surface area (Å²) in [5, 5.41) is 9.81. The standard InChI is InChI=1S/C13H22N4O2/c1-9(2)5-3-8-15-12(18)11-16-13(19-17-11)10-6-4-7-14-10/h9-10,14H,3-8H2,1-2H3,(H,15,18). The SMILES string of the molecule is CC(C)CCCNC(=O)c1noc(C2CCCN2)n1. The van der Waals surface area contributed by atoms with E-state index < -0.39 is 0 Å². The molecule has 1 aliphatic rings. The molecular weight excluding hydrogens is 244 g/mol. The van der Waals surface area contributed by atoms with Crippen LogP contribution in [-0.4, -0.2) is 29.1 Å². The Morgan fingerprint density at radius 2 is 2.42 bits per heavy atom. The molecule has 0 saturated carbocycles. The zero-order valence-electron chi connectivity index (χ0n) is 11.6. The summed E-state index contributed by atoms with van der Waals surface area (Å²) in [7, 11) is 0. The Kier molecular flexibility index (Phi) is 4.90. The van der Waals surface area contributed by atoms with Crippen molar-refractivity contribution >= 4 is 5.91 Å². The third-order valence-electron chi connectivity index (χ3n) is 3.25. The van der Waals surface area contributed by atoms with Crippen molar-refractivity contribution in [1.29, 1.82) is 0 Å². The first-order chi connectivity index (χ1) is 9.16. The zero-order chi connectivity index (χ0) is 13.7. The fourth-order valence-electron chi connectivity index (χ4n) is 2.16. The van der Waals surface area contributed by atoms with E-state index in [4.69, 9.17) is 4.52 Å². The largest absolute Gasteiger partial charge is 0.349 e. The Morgan fingerprint density at radius 3 is 3.11 bits per heavy atom. The van der Waals surface area contributed by atoms with Crippen LogP contribution in [0, 0.1) is 5.92 Å². The summed E-state index contributed by atoms with van der Waals surface area (Å²) in [6, 6.07) is 0.106. The van der Waals surface area contributed by atoms with Crippen molar-refractivity contribution in [1.82, 2.24) is 20.8 Å². The lowest BCUT2D eigenvalue weighted by Gasteiger charge is -2.04. The highest BCUT2D eigenvalue weighted by Crippen LogP contribution is 2.20. The van der Waals surface area contributed by atoms with Crippen molar-refractivity contribution in [3.05, 3.63) is 11.7 Å². The van der Waals surface area contributed by atoms with Gasteiger partial charge in [-0.25, -0.2) is 0 Å². The molecule has 1 fully saturated rings. The Hall–Kier alpha value is -1.43. The molecule has 1 aromatic rings. The maximum atomic E-state index is 11.8. The van der Waals surface area contributed by atoms with Crippen LogP contribution in [0.4, 0.5) is 0 Å². The lowest BCUT2D eigenvalue weighted by atomic mass is 10.1. The average molecular weight is 266 g/mol. The number of rotatable bonds is 6. The van der Waals surface area contributed by atoms with Crippen molar-refractivity contribution in [2.24, 2.45) is 5.92 Å². The molecule has 0 bridgehead atoms. The topological polar surface area (TPSA) is 80.0 Å². The van der Waals surface area contributed by atoms with Gasteiger partial charge in [-0.05, 0) is 38.1 Å². The van der Waals surface area contributed by atoms with E-state index in [1.54, 1.807) is 0 Å². The van der Waals surface area contributed by atoms with Gasteiger partial charge in [-0.3, -0.25) is 4.79 Å². The van der Waals surface area contributed by atoms with Crippen LogP contribution in [0.1, 0.15) is 62.1 Å². The second-order valence-electron chi connectivity index (χ2n) is 5.40. The molecule has 1 aromatic heterocycles. The van der Waals surface area contributed by atoms with E-state index in [9.17, 15) is 4.79 Å². The summed E-state index contributed by atoms with van der Waals surface area (Å²) in [5.41, 5.74) is 0. The van der Waals surface area contributed by atoms with Crippen LogP contribution >= 0.6 is 0 Å². The van der Waals surface area contributed by atoms with Crippen molar-refractivity contribution < 1.29 is 9.32 Å². The molecule has 6 nitrogen and oxygen atoms in total. The van der Waals surface area contributed by atoms with Gasteiger partial charge in [0.2, 0.25) is 5.89 Å². The van der Waals surface area contributed by atoms with Crippen LogP contribution in [0.5, 0.6) is 0 Å². The first kappa shape index (κ1) is 14.0. The summed E-state index contributed by atoms with van der Waals surface area (Å²) in [6.07, 6.45) is 4.16. The molecule has 0 spiro atoms. The number of carbonyl (C=O) groups excluding carboxylic acids is 1. The lowest BCUT2D eigenvalue weighted by Crippen LogP contribution is -2.26. The fourth-order valence-corrected chi connectivity index (χ4v) is 2.16. The van der Waals surface area contributed by atoms with E-state index >= 15 is 0 Å². The fraction of sp³-hybridized carbons (Fsp3) is 0.769. The second-order valence-corrected chi connectivity index (χ2v) is 5.40. The summed E-state index contributed by atoms with van der Waals surface area (Å²) < 4.78 is 5.13. The Labute approximate surface area is 113 Å². The molecule has 1 aliphatic heterocycles. The molecule has 0 radical (unpaired) electrons. The van der Waals surface area contributed by atoms with Gasteiger partial charge in [-0.2, -0.15) is 4.98 Å². The third kappa shape index (κ3) is 4.02. The molecule has 2 rings (SSSR count). The molecule has 1 amide bonds. The minimum atomic E-state index is -0.253. The lowest BCUT2D eigenvalue weighted by molar-refractivity contribution is 0.0939. The number of hydrogen-bond acceptors (Lipinski definition) is 5. The molecule has 0 aromatic carbocycles. The highest BCUT2D eigenvalue weighted by molar-refractivity contribution is 5.90. The van der Waals surface area contributed by atoms with Gasteiger partial charge < -0.3 is 15.2 Å². The molecule has 2 N–H and O–H groups in total. The smallest absolute Gasteiger partial charge is 0.292 e. The average Bonchev–Trinajstić information content (AvgIpc) is 3.03. The predicted octanol–water partition coefficient (Wildman–Crippen LogP) is 1.66. The van der Waals surface area contributed by atoms with E-state index in [1.165, 1.54) is 0 Å². The van der Waals surface area contributed by atoms with E-state index in [2.05, 4.69) is 34.6 Å². The quantitative estimate of drug-likeness (QED) is 0.765. The third-order valence-corrected chi connectivity index (χ3v) is 3.25. The Bertz CT molecular complexity index is 411. The number of nitrogens with one attached hydrogen (secondary N) is 2. The van der Waals surface area contributed by atoms with Gasteiger partial charge in [-0.15, -0.1) is 0 Å². The second kappa shape index (κ2) is 6.65. The van der Waals surface area contributed by atoms with Crippen LogP contribution in [0.2, 0.25) is 0 Å². The van der Waals surface area contributed by atoms with E-state index in [1.807, 2.05) is 0 Å². The summed E-state index contributed by atoms with van der Waals surface area (Å²) in [6.45, 7) is 5.95. The van der Waals surface area contributed by atoms with Crippen LogP contribution in [0.25, 0.3) is 0 Å². The van der Waals surface area contributed by atoms with Gasteiger partial charge in [0.25, 0.3) is 11.7 Å². The molecule has 1 atom stereocenters. The number of amides is 1. The number of aromatic nitrogens is 2. The van der Waals surface area contributed by atoms with E-state index in [0.717, 1.165) is 32.2 Å². The van der Waals surface area contributed by atoms with E-state index in [-0.39, 0.29) is 17.8 Å². The van der Waals surface area contributed by atoms with Gasteiger partial charge in [-0.1, -0.05) is 19.0 Å². The predicted molar refractivity (Wildman–Crippen MR) is 70.7 cm³/mol. The van der Waals surface area contributed by atoms with Crippen LogP contribution in [0.3, 0.4) is 0 Å². The van der Waals surface area contributed by atoms with Crippen molar-refractivity contribution in [2.75, 3.05) is 13.1 Å². The minimum Gasteiger partial charge on any atom is -0.349 e. The van der Waals surface area contributed by atoms with Crippen molar-refractivity contribution in [2.45, 2.75) is 45.6 Å². The summed E-state index contributed by atoms with van der Waals surface area (Å²) >= 11 is 0. The van der Waals surface area contributed by atoms with Gasteiger partial charge in [0.1, 0.15) is 0 Å². The van der Waals surface area contributed by atoms with Crippen LogP contribution in [0.15, 0.2) is 4.52 Å². The normalized spacial score (nSPS) is 19.0. The molecular formula is C13H22N4O2. The van der Waals surface area contributed by atoms with Crippen LogP contribution < -0.4 is 10.6 Å². The molecule has 0 aliphatic carbocycles. The van der Waals surface area contributed by atoms with Gasteiger partial charge >= 0.3 is 0 Å². The molecule has 19 heavy (non-hydrogen) atoms. The maximum absolute atomic E-state index is 11.8. The molecule has 6 heteroatoms. The highest BCUT2D eigenvalue weighted by atomic mass is 16.5. The number of nitrogens with zero attached hydrogens (tertiary/aromatic N) is 2. The molecule has 1 saturated heterocycles. The zero-order valence-corrected chi connectivity index (χ0v) is 11.6. The Balaban J connectivity index is 1.79. The van der Waals surface area contributed by atoms with Crippen molar-refractivity contribution in [3.8, 4) is 0 Å². The number of carbonyl (C=O) groups is 1.